The smallest absolute Gasteiger partial charge is 0.244 e. The van der Waals surface area contributed by atoms with Gasteiger partial charge in [-0.05, 0) is 32.9 Å². The summed E-state index contributed by atoms with van der Waals surface area (Å²) in [6, 6.07) is 6.56. The summed E-state index contributed by atoms with van der Waals surface area (Å²) >= 11 is 0. The Morgan fingerprint density at radius 3 is 2.41 bits per heavy atom. The zero-order valence-corrected chi connectivity index (χ0v) is 17.1. The van der Waals surface area contributed by atoms with E-state index in [1.165, 1.54) is 6.07 Å². The third-order valence-electron chi connectivity index (χ3n) is 3.58. The molecule has 0 bridgehead atoms. The number of sulfonamides is 1. The van der Waals surface area contributed by atoms with Crippen LogP contribution in [0.5, 0.6) is 11.5 Å². The van der Waals surface area contributed by atoms with Crippen molar-refractivity contribution in [1.29, 1.82) is 0 Å². The molecule has 0 unspecified atom stereocenters. The predicted molar refractivity (Wildman–Crippen MR) is 104 cm³/mol. The molecule has 0 atom stereocenters. The second-order valence-corrected chi connectivity index (χ2v) is 7.71. The molecule has 0 amide bonds. The maximum absolute atomic E-state index is 12.8. The standard InChI is InChI=1S/C18H26N4O4S/c1-6-25-14-8-9-15(26-7-2)16(11-14)27(23,24)19-12-17-20-13(3)10-18(21-17)22(4)5/h8-11,19H,6-7,12H2,1-5H3. The number of ether oxygens (including phenoxy) is 2. The number of nitrogens with one attached hydrogen (secondary N) is 1. The summed E-state index contributed by atoms with van der Waals surface area (Å²) in [7, 11) is -0.118. The van der Waals surface area contributed by atoms with Crippen molar-refractivity contribution in [3.63, 3.8) is 0 Å². The summed E-state index contributed by atoms with van der Waals surface area (Å²) in [5.41, 5.74) is 0.760. The molecule has 8 nitrogen and oxygen atoms in total. The highest BCUT2D eigenvalue weighted by Crippen LogP contribution is 2.28. The second-order valence-electron chi connectivity index (χ2n) is 5.98. The summed E-state index contributed by atoms with van der Waals surface area (Å²) in [6.07, 6.45) is 0. The fraction of sp³-hybridized carbons (Fsp3) is 0.444. The van der Waals surface area contributed by atoms with Gasteiger partial charge in [0.25, 0.3) is 0 Å². The fourth-order valence-electron chi connectivity index (χ4n) is 2.39. The summed E-state index contributed by atoms with van der Waals surface area (Å²) < 4.78 is 39.1. The minimum absolute atomic E-state index is 0.0239. The Bertz CT molecular complexity index is 885. The minimum Gasteiger partial charge on any atom is -0.494 e. The molecule has 0 aliphatic heterocycles. The molecule has 148 valence electrons. The van der Waals surface area contributed by atoms with E-state index in [9.17, 15) is 8.42 Å². The number of aryl methyl sites for hydroxylation is 1. The van der Waals surface area contributed by atoms with Gasteiger partial charge in [-0.15, -0.1) is 0 Å². The number of hydrogen-bond acceptors (Lipinski definition) is 7. The average Bonchev–Trinajstić information content (AvgIpc) is 2.61. The monoisotopic (exact) mass is 394 g/mol. The molecule has 0 radical (unpaired) electrons. The van der Waals surface area contributed by atoms with E-state index >= 15 is 0 Å². The molecular formula is C18H26N4O4S. The van der Waals surface area contributed by atoms with Gasteiger partial charge >= 0.3 is 0 Å². The Morgan fingerprint density at radius 2 is 1.78 bits per heavy atom. The molecule has 1 aromatic carbocycles. The van der Waals surface area contributed by atoms with Gasteiger partial charge in [0.2, 0.25) is 10.0 Å². The van der Waals surface area contributed by atoms with Crippen LogP contribution in [0.1, 0.15) is 25.4 Å². The van der Waals surface area contributed by atoms with Crippen molar-refractivity contribution < 1.29 is 17.9 Å². The number of aromatic nitrogens is 2. The Balaban J connectivity index is 2.29. The van der Waals surface area contributed by atoms with Crippen LogP contribution in [0, 0.1) is 6.92 Å². The van der Waals surface area contributed by atoms with Crippen molar-refractivity contribution in [3.05, 3.63) is 35.8 Å². The van der Waals surface area contributed by atoms with Crippen LogP contribution in [0.2, 0.25) is 0 Å². The van der Waals surface area contributed by atoms with Crippen LogP contribution in [-0.2, 0) is 16.6 Å². The zero-order valence-electron chi connectivity index (χ0n) is 16.3. The van der Waals surface area contributed by atoms with Crippen molar-refractivity contribution >= 4 is 15.8 Å². The topological polar surface area (TPSA) is 93.6 Å². The normalized spacial score (nSPS) is 11.3. The molecule has 0 fully saturated rings. The molecule has 1 aromatic heterocycles. The lowest BCUT2D eigenvalue weighted by Crippen LogP contribution is -2.25. The van der Waals surface area contributed by atoms with Gasteiger partial charge in [-0.3, -0.25) is 0 Å². The highest BCUT2D eigenvalue weighted by Gasteiger charge is 2.21. The van der Waals surface area contributed by atoms with Gasteiger partial charge in [0.1, 0.15) is 28.0 Å². The van der Waals surface area contributed by atoms with Crippen LogP contribution in [0.15, 0.2) is 29.2 Å². The molecule has 1 N–H and O–H groups in total. The van der Waals surface area contributed by atoms with Gasteiger partial charge < -0.3 is 14.4 Å². The molecule has 1 heterocycles. The first kappa shape index (κ1) is 20.9. The highest BCUT2D eigenvalue weighted by molar-refractivity contribution is 7.89. The van der Waals surface area contributed by atoms with Crippen LogP contribution < -0.4 is 19.1 Å². The average molecular weight is 394 g/mol. The van der Waals surface area contributed by atoms with Crippen molar-refractivity contribution in [3.8, 4) is 11.5 Å². The van der Waals surface area contributed by atoms with Gasteiger partial charge in [-0.2, -0.15) is 0 Å². The predicted octanol–water partition coefficient (Wildman–Crippen LogP) is 2.13. The van der Waals surface area contributed by atoms with Gasteiger partial charge in [0.05, 0.1) is 19.8 Å². The first-order chi connectivity index (χ1) is 12.8. The summed E-state index contributed by atoms with van der Waals surface area (Å²) in [5, 5.41) is 0. The third-order valence-corrected chi connectivity index (χ3v) is 5.00. The number of hydrogen-bond donors (Lipinski definition) is 1. The van der Waals surface area contributed by atoms with Crippen molar-refractivity contribution in [2.75, 3.05) is 32.2 Å². The van der Waals surface area contributed by atoms with Gasteiger partial charge in [0, 0.05) is 31.9 Å². The number of rotatable bonds is 9. The lowest BCUT2D eigenvalue weighted by atomic mass is 10.3. The summed E-state index contributed by atoms with van der Waals surface area (Å²) in [4.78, 5) is 10.5. The van der Waals surface area contributed by atoms with Gasteiger partial charge in [-0.1, -0.05) is 0 Å². The molecular weight excluding hydrogens is 368 g/mol. The van der Waals surface area contributed by atoms with E-state index in [0.717, 1.165) is 5.69 Å². The van der Waals surface area contributed by atoms with E-state index in [4.69, 9.17) is 9.47 Å². The van der Waals surface area contributed by atoms with Crippen molar-refractivity contribution in [2.45, 2.75) is 32.2 Å². The molecule has 9 heteroatoms. The largest absolute Gasteiger partial charge is 0.494 e. The summed E-state index contributed by atoms with van der Waals surface area (Å²) in [6.45, 7) is 6.22. The first-order valence-corrected chi connectivity index (χ1v) is 10.2. The highest BCUT2D eigenvalue weighted by atomic mass is 32.2. The Kier molecular flexibility index (Phi) is 6.98. The second kappa shape index (κ2) is 9.01. The number of benzene rings is 1. The van der Waals surface area contributed by atoms with Gasteiger partial charge in [0.15, 0.2) is 0 Å². The minimum atomic E-state index is -3.85. The maximum atomic E-state index is 12.8. The van der Waals surface area contributed by atoms with Crippen molar-refractivity contribution in [2.24, 2.45) is 0 Å². The number of anilines is 1. The lowest BCUT2D eigenvalue weighted by Gasteiger charge is -2.15. The molecule has 0 saturated carbocycles. The Hall–Kier alpha value is -2.39. The molecule has 27 heavy (non-hydrogen) atoms. The lowest BCUT2D eigenvalue weighted by molar-refractivity contribution is 0.322. The van der Waals surface area contributed by atoms with E-state index in [-0.39, 0.29) is 17.2 Å². The maximum Gasteiger partial charge on any atom is 0.244 e. The van der Waals surface area contributed by atoms with E-state index < -0.39 is 10.0 Å². The summed E-state index contributed by atoms with van der Waals surface area (Å²) in [5.74, 6) is 1.84. The van der Waals surface area contributed by atoms with E-state index in [1.54, 1.807) is 19.1 Å². The quantitative estimate of drug-likeness (QED) is 0.696. The van der Waals surface area contributed by atoms with Crippen molar-refractivity contribution in [1.82, 2.24) is 14.7 Å². The van der Waals surface area contributed by atoms with Crippen LogP contribution in [-0.4, -0.2) is 45.7 Å². The van der Waals surface area contributed by atoms with E-state index in [1.807, 2.05) is 38.9 Å². The van der Waals surface area contributed by atoms with Crippen LogP contribution in [0.3, 0.4) is 0 Å². The molecule has 0 spiro atoms. The molecule has 0 aliphatic rings. The molecule has 2 rings (SSSR count). The fourth-order valence-corrected chi connectivity index (χ4v) is 3.52. The molecule has 2 aromatic rings. The van der Waals surface area contributed by atoms with Crippen LogP contribution in [0.25, 0.3) is 0 Å². The molecule has 0 aliphatic carbocycles. The van der Waals surface area contributed by atoms with E-state index in [0.29, 0.717) is 30.6 Å². The Labute approximate surface area is 160 Å². The third kappa shape index (κ3) is 5.54. The van der Waals surface area contributed by atoms with Crippen LogP contribution >= 0.6 is 0 Å². The van der Waals surface area contributed by atoms with Gasteiger partial charge in [-0.25, -0.2) is 23.1 Å². The SMILES string of the molecule is CCOc1ccc(OCC)c(S(=O)(=O)NCc2nc(C)cc(N(C)C)n2)c1. The van der Waals surface area contributed by atoms with E-state index in [2.05, 4.69) is 14.7 Å². The number of nitrogens with zero attached hydrogens (tertiary/aromatic N) is 3. The first-order valence-electron chi connectivity index (χ1n) is 8.68. The molecule has 0 saturated heterocycles. The Morgan fingerprint density at radius 1 is 1.07 bits per heavy atom. The van der Waals surface area contributed by atoms with Crippen LogP contribution in [0.4, 0.5) is 5.82 Å². The zero-order chi connectivity index (χ0) is 20.0.